The zero-order valence-corrected chi connectivity index (χ0v) is 8.74. The van der Waals surface area contributed by atoms with E-state index in [0.29, 0.717) is 11.3 Å². The van der Waals surface area contributed by atoms with Gasteiger partial charge < -0.3 is 0 Å². The lowest BCUT2D eigenvalue weighted by Gasteiger charge is -2.01. The zero-order valence-electron chi connectivity index (χ0n) is 7.98. The predicted molar refractivity (Wildman–Crippen MR) is 57.2 cm³/mol. The Morgan fingerprint density at radius 1 is 1.31 bits per heavy atom. The van der Waals surface area contributed by atoms with Crippen LogP contribution in [0.3, 0.4) is 0 Å². The van der Waals surface area contributed by atoms with Crippen LogP contribution in [0.25, 0.3) is 11.3 Å². The summed E-state index contributed by atoms with van der Waals surface area (Å²) < 4.78 is 12.9. The van der Waals surface area contributed by atoms with Gasteiger partial charge in [-0.25, -0.2) is 9.37 Å². The lowest BCUT2D eigenvalue weighted by Crippen LogP contribution is -1.89. The second-order valence-electron chi connectivity index (χ2n) is 3.04. The topological polar surface area (TPSA) is 49.6 Å². The maximum absolute atomic E-state index is 12.9. The Bertz CT molecular complexity index is 578. The van der Waals surface area contributed by atoms with Gasteiger partial charge in [-0.3, -0.25) is 4.98 Å². The van der Waals surface area contributed by atoms with Crippen LogP contribution < -0.4 is 0 Å². The van der Waals surface area contributed by atoms with Crippen LogP contribution >= 0.6 is 11.6 Å². The van der Waals surface area contributed by atoms with Gasteiger partial charge in [0, 0.05) is 11.8 Å². The number of hydrogen-bond acceptors (Lipinski definition) is 3. The minimum absolute atomic E-state index is 0.101. The Kier molecular flexibility index (Phi) is 2.80. The second kappa shape index (κ2) is 4.25. The van der Waals surface area contributed by atoms with Crippen LogP contribution in [0.1, 0.15) is 5.56 Å². The summed E-state index contributed by atoms with van der Waals surface area (Å²) in [7, 11) is 0. The molecule has 0 saturated carbocycles. The normalized spacial score (nSPS) is 9.81. The highest BCUT2D eigenvalue weighted by Gasteiger charge is 2.05. The van der Waals surface area contributed by atoms with Crippen molar-refractivity contribution in [3.05, 3.63) is 47.1 Å². The summed E-state index contributed by atoms with van der Waals surface area (Å²) in [4.78, 5) is 7.70. The molecule has 2 aromatic rings. The highest BCUT2D eigenvalue weighted by Crippen LogP contribution is 2.21. The van der Waals surface area contributed by atoms with Crippen LogP contribution in [0, 0.1) is 17.1 Å². The Morgan fingerprint density at radius 2 is 2.12 bits per heavy atom. The van der Waals surface area contributed by atoms with Crippen molar-refractivity contribution in [2.75, 3.05) is 0 Å². The minimum Gasteiger partial charge on any atom is -0.261 e. The van der Waals surface area contributed by atoms with Crippen LogP contribution in [0.4, 0.5) is 4.39 Å². The molecule has 0 atom stereocenters. The van der Waals surface area contributed by atoms with Gasteiger partial charge in [0.05, 0.1) is 17.5 Å². The maximum Gasteiger partial charge on any atom is 0.147 e. The molecule has 0 fully saturated rings. The molecule has 2 aromatic heterocycles. The average Bonchev–Trinajstić information content (AvgIpc) is 2.29. The molecule has 0 aliphatic carbocycles. The SMILES string of the molecule is N#Cc1ccc(-c2cncc(F)c2)nc1Cl. The molecular formula is C11H5ClFN3. The first-order valence-electron chi connectivity index (χ1n) is 4.38. The number of hydrogen-bond donors (Lipinski definition) is 0. The van der Waals surface area contributed by atoms with Gasteiger partial charge in [-0.15, -0.1) is 0 Å². The van der Waals surface area contributed by atoms with Crippen molar-refractivity contribution in [2.45, 2.75) is 0 Å². The van der Waals surface area contributed by atoms with E-state index >= 15 is 0 Å². The Hall–Kier alpha value is -1.99. The molecule has 0 spiro atoms. The Balaban J connectivity index is 2.50. The fourth-order valence-electron chi connectivity index (χ4n) is 1.23. The van der Waals surface area contributed by atoms with Gasteiger partial charge in [0.25, 0.3) is 0 Å². The Labute approximate surface area is 96.2 Å². The van der Waals surface area contributed by atoms with Gasteiger partial charge in [0.15, 0.2) is 0 Å². The number of nitriles is 1. The molecule has 2 heterocycles. The first-order valence-corrected chi connectivity index (χ1v) is 4.76. The molecule has 5 heteroatoms. The van der Waals surface area contributed by atoms with Crippen molar-refractivity contribution in [1.29, 1.82) is 5.26 Å². The van der Waals surface area contributed by atoms with Gasteiger partial charge in [0.2, 0.25) is 0 Å². The lowest BCUT2D eigenvalue weighted by atomic mass is 10.1. The molecule has 0 amide bonds. The monoisotopic (exact) mass is 233 g/mol. The number of aromatic nitrogens is 2. The van der Waals surface area contributed by atoms with Gasteiger partial charge >= 0.3 is 0 Å². The van der Waals surface area contributed by atoms with E-state index in [-0.39, 0.29) is 10.7 Å². The van der Waals surface area contributed by atoms with Crippen LogP contribution in [0.2, 0.25) is 5.15 Å². The smallest absolute Gasteiger partial charge is 0.147 e. The summed E-state index contributed by atoms with van der Waals surface area (Å²) in [6.45, 7) is 0. The van der Waals surface area contributed by atoms with E-state index in [9.17, 15) is 4.39 Å². The highest BCUT2D eigenvalue weighted by atomic mass is 35.5. The predicted octanol–water partition coefficient (Wildman–Crippen LogP) is 2.81. The van der Waals surface area contributed by atoms with Crippen molar-refractivity contribution in [3.63, 3.8) is 0 Å². The van der Waals surface area contributed by atoms with Crippen LogP contribution in [0.15, 0.2) is 30.6 Å². The molecule has 2 rings (SSSR count). The molecule has 0 aliphatic heterocycles. The summed E-state index contributed by atoms with van der Waals surface area (Å²) in [5.41, 5.74) is 1.29. The largest absolute Gasteiger partial charge is 0.261 e. The lowest BCUT2D eigenvalue weighted by molar-refractivity contribution is 0.622. The van der Waals surface area contributed by atoms with E-state index < -0.39 is 5.82 Å². The van der Waals surface area contributed by atoms with Crippen molar-refractivity contribution >= 4 is 11.6 Å². The van der Waals surface area contributed by atoms with Crippen molar-refractivity contribution in [1.82, 2.24) is 9.97 Å². The molecule has 78 valence electrons. The second-order valence-corrected chi connectivity index (χ2v) is 3.40. The first-order chi connectivity index (χ1) is 7.70. The van der Waals surface area contributed by atoms with Crippen LogP contribution in [0.5, 0.6) is 0 Å². The van der Waals surface area contributed by atoms with Gasteiger partial charge in [-0.1, -0.05) is 11.6 Å². The molecule has 0 unspecified atom stereocenters. The van der Waals surface area contributed by atoms with Gasteiger partial charge in [-0.05, 0) is 18.2 Å². The molecule has 0 radical (unpaired) electrons. The van der Waals surface area contributed by atoms with Gasteiger partial charge in [-0.2, -0.15) is 5.26 Å². The van der Waals surface area contributed by atoms with E-state index in [0.717, 1.165) is 6.20 Å². The fourth-order valence-corrected chi connectivity index (χ4v) is 1.43. The molecule has 16 heavy (non-hydrogen) atoms. The zero-order chi connectivity index (χ0) is 11.5. The third-order valence-electron chi connectivity index (χ3n) is 1.97. The molecular weight excluding hydrogens is 229 g/mol. The molecule has 0 bridgehead atoms. The molecule has 0 aromatic carbocycles. The summed E-state index contributed by atoms with van der Waals surface area (Å²) in [5.74, 6) is -0.445. The van der Waals surface area contributed by atoms with Crippen LogP contribution in [-0.4, -0.2) is 9.97 Å². The minimum atomic E-state index is -0.445. The van der Waals surface area contributed by atoms with E-state index in [1.165, 1.54) is 18.3 Å². The maximum atomic E-state index is 12.9. The highest BCUT2D eigenvalue weighted by molar-refractivity contribution is 6.30. The average molecular weight is 234 g/mol. The Morgan fingerprint density at radius 3 is 2.75 bits per heavy atom. The summed E-state index contributed by atoms with van der Waals surface area (Å²) in [6, 6.07) is 6.34. The number of nitrogens with zero attached hydrogens (tertiary/aromatic N) is 3. The molecule has 0 aliphatic rings. The summed E-state index contributed by atoms with van der Waals surface area (Å²) in [5, 5.41) is 8.78. The van der Waals surface area contributed by atoms with E-state index in [2.05, 4.69) is 9.97 Å². The standard InChI is InChI=1S/C11H5ClFN3/c12-11-7(4-14)1-2-10(16-11)8-3-9(13)6-15-5-8/h1-3,5-6H. The third kappa shape index (κ3) is 2.00. The third-order valence-corrected chi connectivity index (χ3v) is 2.26. The van der Waals surface area contributed by atoms with Gasteiger partial charge in [0.1, 0.15) is 17.0 Å². The number of rotatable bonds is 1. The molecule has 0 saturated heterocycles. The molecule has 3 nitrogen and oxygen atoms in total. The summed E-state index contributed by atoms with van der Waals surface area (Å²) in [6.07, 6.45) is 2.59. The van der Waals surface area contributed by atoms with Crippen molar-refractivity contribution in [2.24, 2.45) is 0 Å². The molecule has 0 N–H and O–H groups in total. The van der Waals surface area contributed by atoms with Crippen molar-refractivity contribution in [3.8, 4) is 17.3 Å². The van der Waals surface area contributed by atoms with E-state index in [1.807, 2.05) is 6.07 Å². The van der Waals surface area contributed by atoms with E-state index in [1.54, 1.807) is 6.07 Å². The van der Waals surface area contributed by atoms with Crippen LogP contribution in [-0.2, 0) is 0 Å². The van der Waals surface area contributed by atoms with Crippen molar-refractivity contribution < 1.29 is 4.39 Å². The fraction of sp³-hybridized carbons (Fsp3) is 0. The quantitative estimate of drug-likeness (QED) is 0.712. The number of halogens is 2. The number of pyridine rings is 2. The summed E-state index contributed by atoms with van der Waals surface area (Å²) >= 11 is 5.77. The van der Waals surface area contributed by atoms with E-state index in [4.69, 9.17) is 16.9 Å². The first kappa shape index (κ1) is 10.5.